The SMILES string of the molecule is Cc1nc2cc(NC(=O)Cn3ccc4cc([N+](=O)[O-])ccc43)ccc2o1. The number of anilines is 1. The van der Waals surface area contributed by atoms with Gasteiger partial charge in [0.2, 0.25) is 5.91 Å². The monoisotopic (exact) mass is 350 g/mol. The second-order valence-electron chi connectivity index (χ2n) is 5.91. The minimum absolute atomic E-state index is 0.0240. The molecule has 0 radical (unpaired) electrons. The second-order valence-corrected chi connectivity index (χ2v) is 5.91. The lowest BCUT2D eigenvalue weighted by Gasteiger charge is -2.07. The smallest absolute Gasteiger partial charge is 0.270 e. The molecule has 0 aliphatic heterocycles. The van der Waals surface area contributed by atoms with Crippen molar-refractivity contribution < 1.29 is 14.1 Å². The van der Waals surface area contributed by atoms with Crippen molar-refractivity contribution in [3.05, 3.63) is 64.7 Å². The summed E-state index contributed by atoms with van der Waals surface area (Å²) in [7, 11) is 0. The highest BCUT2D eigenvalue weighted by molar-refractivity contribution is 5.94. The topological polar surface area (TPSA) is 103 Å². The molecule has 4 aromatic rings. The van der Waals surface area contributed by atoms with Crippen LogP contribution >= 0.6 is 0 Å². The number of benzene rings is 2. The average Bonchev–Trinajstić information content (AvgIpc) is 3.16. The third-order valence-electron chi connectivity index (χ3n) is 4.06. The number of nitrogens with one attached hydrogen (secondary N) is 1. The highest BCUT2D eigenvalue weighted by Gasteiger charge is 2.11. The number of nitro benzene ring substituents is 1. The van der Waals surface area contributed by atoms with Gasteiger partial charge in [-0.2, -0.15) is 0 Å². The van der Waals surface area contributed by atoms with Crippen LogP contribution in [0.4, 0.5) is 11.4 Å². The number of carbonyl (C=O) groups is 1. The zero-order valence-electron chi connectivity index (χ0n) is 13.8. The van der Waals surface area contributed by atoms with E-state index in [4.69, 9.17) is 4.42 Å². The van der Waals surface area contributed by atoms with Crippen molar-refractivity contribution in [2.75, 3.05) is 5.32 Å². The summed E-state index contributed by atoms with van der Waals surface area (Å²) in [5.41, 5.74) is 2.75. The number of nitro groups is 1. The van der Waals surface area contributed by atoms with E-state index in [0.717, 1.165) is 5.52 Å². The van der Waals surface area contributed by atoms with Crippen molar-refractivity contribution in [2.45, 2.75) is 13.5 Å². The largest absolute Gasteiger partial charge is 0.441 e. The first-order valence-corrected chi connectivity index (χ1v) is 7.90. The Morgan fingerprint density at radius 2 is 2.12 bits per heavy atom. The molecule has 8 heteroatoms. The van der Waals surface area contributed by atoms with E-state index in [2.05, 4.69) is 10.3 Å². The molecule has 1 amide bonds. The van der Waals surface area contributed by atoms with E-state index in [0.29, 0.717) is 28.1 Å². The van der Waals surface area contributed by atoms with Crippen molar-refractivity contribution in [1.29, 1.82) is 0 Å². The predicted molar refractivity (Wildman–Crippen MR) is 96.0 cm³/mol. The summed E-state index contributed by atoms with van der Waals surface area (Å²) in [5.74, 6) is 0.358. The third-order valence-corrected chi connectivity index (χ3v) is 4.06. The minimum Gasteiger partial charge on any atom is -0.441 e. The lowest BCUT2D eigenvalue weighted by Crippen LogP contribution is -2.18. The van der Waals surface area contributed by atoms with E-state index >= 15 is 0 Å². The van der Waals surface area contributed by atoms with Crippen LogP contribution in [0.3, 0.4) is 0 Å². The first kappa shape index (κ1) is 15.8. The summed E-state index contributed by atoms with van der Waals surface area (Å²) < 4.78 is 7.16. The Hall–Kier alpha value is -3.68. The van der Waals surface area contributed by atoms with Crippen LogP contribution in [0.15, 0.2) is 53.1 Å². The molecule has 26 heavy (non-hydrogen) atoms. The molecule has 0 atom stereocenters. The molecule has 0 bridgehead atoms. The van der Waals surface area contributed by atoms with Gasteiger partial charge >= 0.3 is 0 Å². The Bertz CT molecular complexity index is 1160. The lowest BCUT2D eigenvalue weighted by molar-refractivity contribution is -0.384. The Kier molecular flexibility index (Phi) is 3.65. The number of rotatable bonds is 4. The molecule has 1 N–H and O–H groups in total. The number of aromatic nitrogens is 2. The molecule has 0 unspecified atom stereocenters. The van der Waals surface area contributed by atoms with Crippen LogP contribution < -0.4 is 5.32 Å². The molecule has 4 rings (SSSR count). The van der Waals surface area contributed by atoms with Gasteiger partial charge in [0.25, 0.3) is 5.69 Å². The number of amides is 1. The van der Waals surface area contributed by atoms with Gasteiger partial charge in [-0.05, 0) is 30.3 Å². The van der Waals surface area contributed by atoms with Crippen LogP contribution in [0.5, 0.6) is 0 Å². The molecule has 130 valence electrons. The maximum absolute atomic E-state index is 12.4. The standard InChI is InChI=1S/C18H14N4O4/c1-11-19-15-9-13(2-5-17(15)26-11)20-18(23)10-21-7-6-12-8-14(22(24)25)3-4-16(12)21/h2-9H,10H2,1H3,(H,20,23). The molecule has 0 spiro atoms. The summed E-state index contributed by atoms with van der Waals surface area (Å²) in [5, 5.41) is 14.4. The van der Waals surface area contributed by atoms with Crippen LogP contribution in [-0.4, -0.2) is 20.4 Å². The fourth-order valence-corrected chi connectivity index (χ4v) is 2.91. The number of oxazole rings is 1. The Morgan fingerprint density at radius 1 is 1.27 bits per heavy atom. The number of nitrogens with zero attached hydrogens (tertiary/aromatic N) is 3. The highest BCUT2D eigenvalue weighted by Crippen LogP contribution is 2.23. The zero-order valence-corrected chi connectivity index (χ0v) is 13.8. The Balaban J connectivity index is 1.53. The molecule has 0 aliphatic carbocycles. The van der Waals surface area contributed by atoms with Crippen LogP contribution in [0.1, 0.15) is 5.89 Å². The number of non-ortho nitro benzene ring substituents is 1. The van der Waals surface area contributed by atoms with Gasteiger partial charge in [0, 0.05) is 41.8 Å². The van der Waals surface area contributed by atoms with Gasteiger partial charge in [-0.15, -0.1) is 0 Å². The normalized spacial score (nSPS) is 11.1. The summed E-state index contributed by atoms with van der Waals surface area (Å²) in [6.45, 7) is 1.86. The molecule has 2 aromatic carbocycles. The molecule has 8 nitrogen and oxygen atoms in total. The van der Waals surface area contributed by atoms with Gasteiger partial charge in [0.15, 0.2) is 11.5 Å². The Labute approximate surface area is 147 Å². The van der Waals surface area contributed by atoms with Crippen LogP contribution in [0.25, 0.3) is 22.0 Å². The van der Waals surface area contributed by atoms with Crippen molar-refractivity contribution in [2.24, 2.45) is 0 Å². The van der Waals surface area contributed by atoms with E-state index in [1.54, 1.807) is 48.0 Å². The van der Waals surface area contributed by atoms with Crippen LogP contribution in [-0.2, 0) is 11.3 Å². The van der Waals surface area contributed by atoms with E-state index in [-0.39, 0.29) is 18.1 Å². The van der Waals surface area contributed by atoms with Crippen molar-refractivity contribution in [3.63, 3.8) is 0 Å². The van der Waals surface area contributed by atoms with E-state index in [9.17, 15) is 14.9 Å². The number of hydrogen-bond donors (Lipinski definition) is 1. The van der Waals surface area contributed by atoms with Gasteiger partial charge in [-0.25, -0.2) is 4.98 Å². The lowest BCUT2D eigenvalue weighted by atomic mass is 10.2. The second kappa shape index (κ2) is 5.99. The van der Waals surface area contributed by atoms with Crippen molar-refractivity contribution in [3.8, 4) is 0 Å². The van der Waals surface area contributed by atoms with Gasteiger partial charge in [-0.1, -0.05) is 0 Å². The van der Waals surface area contributed by atoms with E-state index in [1.165, 1.54) is 12.1 Å². The first-order valence-electron chi connectivity index (χ1n) is 7.90. The number of carbonyl (C=O) groups excluding carboxylic acids is 1. The van der Waals surface area contributed by atoms with Gasteiger partial charge in [0.1, 0.15) is 12.1 Å². The van der Waals surface area contributed by atoms with Gasteiger partial charge in [-0.3, -0.25) is 14.9 Å². The average molecular weight is 350 g/mol. The number of aryl methyl sites for hydroxylation is 1. The summed E-state index contributed by atoms with van der Waals surface area (Å²) >= 11 is 0. The van der Waals surface area contributed by atoms with Crippen molar-refractivity contribution >= 4 is 39.3 Å². The highest BCUT2D eigenvalue weighted by atomic mass is 16.6. The number of hydrogen-bond acceptors (Lipinski definition) is 5. The predicted octanol–water partition coefficient (Wildman–Crippen LogP) is 3.64. The molecule has 0 fully saturated rings. The van der Waals surface area contributed by atoms with Gasteiger partial charge in [0.05, 0.1) is 4.92 Å². The quantitative estimate of drug-likeness (QED) is 0.447. The molecular weight excluding hydrogens is 336 g/mol. The van der Waals surface area contributed by atoms with E-state index in [1.807, 2.05) is 0 Å². The fourth-order valence-electron chi connectivity index (χ4n) is 2.91. The summed E-state index contributed by atoms with van der Waals surface area (Å²) in [6, 6.07) is 11.6. The molecule has 2 aromatic heterocycles. The minimum atomic E-state index is -0.439. The van der Waals surface area contributed by atoms with Crippen LogP contribution in [0, 0.1) is 17.0 Å². The molecule has 0 saturated carbocycles. The van der Waals surface area contributed by atoms with Crippen LogP contribution in [0.2, 0.25) is 0 Å². The maximum atomic E-state index is 12.4. The third kappa shape index (κ3) is 2.88. The molecule has 2 heterocycles. The number of fused-ring (bicyclic) bond motifs is 2. The first-order chi connectivity index (χ1) is 12.5. The fraction of sp³-hybridized carbons (Fsp3) is 0.111. The summed E-state index contributed by atoms with van der Waals surface area (Å²) in [6.07, 6.45) is 1.73. The molecular formula is C18H14N4O4. The molecule has 0 aliphatic rings. The van der Waals surface area contributed by atoms with E-state index < -0.39 is 4.92 Å². The summed E-state index contributed by atoms with van der Waals surface area (Å²) in [4.78, 5) is 27.0. The maximum Gasteiger partial charge on any atom is 0.270 e. The zero-order chi connectivity index (χ0) is 18.3. The Morgan fingerprint density at radius 3 is 2.92 bits per heavy atom. The van der Waals surface area contributed by atoms with Gasteiger partial charge < -0.3 is 14.3 Å². The molecule has 0 saturated heterocycles. The van der Waals surface area contributed by atoms with Crippen molar-refractivity contribution in [1.82, 2.24) is 9.55 Å².